The fraction of sp³-hybridized carbons (Fsp3) is 0.238. The van der Waals surface area contributed by atoms with E-state index in [1.54, 1.807) is 10.6 Å². The summed E-state index contributed by atoms with van der Waals surface area (Å²) in [5, 5.41) is 3.91. The van der Waals surface area contributed by atoms with Gasteiger partial charge in [0.15, 0.2) is 0 Å². The number of benzene rings is 2. The molecule has 0 aliphatic heterocycles. The van der Waals surface area contributed by atoms with Gasteiger partial charge in [0, 0.05) is 18.0 Å². The van der Waals surface area contributed by atoms with Crippen molar-refractivity contribution in [3.63, 3.8) is 0 Å². The monoisotopic (exact) mass is 334 g/mol. The average molecular weight is 334 g/mol. The van der Waals surface area contributed by atoms with E-state index in [1.165, 1.54) is 0 Å². The van der Waals surface area contributed by atoms with E-state index in [-0.39, 0.29) is 18.0 Å². The quantitative estimate of drug-likeness (QED) is 0.796. The lowest BCUT2D eigenvalue weighted by atomic mass is 10.0. The van der Waals surface area contributed by atoms with Crippen LogP contribution in [-0.2, 0) is 17.9 Å². The van der Waals surface area contributed by atoms with Gasteiger partial charge >= 0.3 is 0 Å². The summed E-state index contributed by atoms with van der Waals surface area (Å²) in [7, 11) is 0. The molecule has 0 saturated heterocycles. The van der Waals surface area contributed by atoms with E-state index in [2.05, 4.69) is 11.4 Å². The first kappa shape index (κ1) is 17.0. The van der Waals surface area contributed by atoms with Crippen molar-refractivity contribution in [2.45, 2.75) is 33.9 Å². The van der Waals surface area contributed by atoms with Crippen molar-refractivity contribution < 1.29 is 4.79 Å². The molecular formula is C21H22N2O2. The molecular weight excluding hydrogens is 312 g/mol. The van der Waals surface area contributed by atoms with Crippen molar-refractivity contribution in [3.05, 3.63) is 81.1 Å². The molecule has 128 valence electrons. The van der Waals surface area contributed by atoms with Crippen LogP contribution in [-0.4, -0.2) is 10.5 Å². The van der Waals surface area contributed by atoms with E-state index < -0.39 is 0 Å². The van der Waals surface area contributed by atoms with E-state index >= 15 is 0 Å². The van der Waals surface area contributed by atoms with Crippen LogP contribution in [0.3, 0.4) is 0 Å². The number of hydrogen-bond donors (Lipinski definition) is 1. The zero-order chi connectivity index (χ0) is 18.0. The number of nitrogens with zero attached hydrogens (tertiary/aromatic N) is 1. The van der Waals surface area contributed by atoms with Crippen molar-refractivity contribution in [2.75, 3.05) is 0 Å². The molecule has 0 unspecified atom stereocenters. The first-order valence-electron chi connectivity index (χ1n) is 8.38. The Bertz CT molecular complexity index is 988. The number of aryl methyl sites for hydroxylation is 3. The van der Waals surface area contributed by atoms with Crippen LogP contribution in [0, 0.1) is 20.8 Å². The largest absolute Gasteiger partial charge is 0.350 e. The van der Waals surface area contributed by atoms with Crippen LogP contribution in [0.15, 0.2) is 53.3 Å². The van der Waals surface area contributed by atoms with Gasteiger partial charge in [0.2, 0.25) is 5.91 Å². The van der Waals surface area contributed by atoms with E-state index in [0.717, 1.165) is 33.2 Å². The summed E-state index contributed by atoms with van der Waals surface area (Å²) >= 11 is 0. The molecule has 4 heteroatoms. The fourth-order valence-electron chi connectivity index (χ4n) is 3.22. The third-order valence-electron chi connectivity index (χ3n) is 4.38. The van der Waals surface area contributed by atoms with Gasteiger partial charge in [-0.3, -0.25) is 14.2 Å². The molecule has 1 amide bonds. The minimum Gasteiger partial charge on any atom is -0.350 e. The Morgan fingerprint density at radius 2 is 1.72 bits per heavy atom. The number of pyridine rings is 1. The molecule has 4 nitrogen and oxygen atoms in total. The first-order chi connectivity index (χ1) is 12.0. The average Bonchev–Trinajstić information content (AvgIpc) is 2.57. The second kappa shape index (κ2) is 6.93. The van der Waals surface area contributed by atoms with Crippen molar-refractivity contribution in [2.24, 2.45) is 0 Å². The molecule has 0 bridgehead atoms. The molecule has 1 aromatic heterocycles. The minimum atomic E-state index is -0.170. The standard InChI is InChI=1S/C21H22N2O2/c1-14-9-16(3)21-18(10-14)15(2)11-20(25)23(21)13-19(24)22-12-17-7-5-4-6-8-17/h4-11H,12-13H2,1-3H3,(H,22,24). The topological polar surface area (TPSA) is 51.1 Å². The van der Waals surface area contributed by atoms with Gasteiger partial charge in [-0.15, -0.1) is 0 Å². The van der Waals surface area contributed by atoms with Crippen LogP contribution >= 0.6 is 0 Å². The summed E-state index contributed by atoms with van der Waals surface area (Å²) in [6.07, 6.45) is 0. The van der Waals surface area contributed by atoms with E-state index in [4.69, 9.17) is 0 Å². The number of carbonyl (C=O) groups is 1. The highest BCUT2D eigenvalue weighted by molar-refractivity contribution is 5.87. The van der Waals surface area contributed by atoms with E-state index in [1.807, 2.05) is 57.2 Å². The van der Waals surface area contributed by atoms with Crippen molar-refractivity contribution in [1.29, 1.82) is 0 Å². The molecule has 0 fully saturated rings. The third kappa shape index (κ3) is 3.63. The third-order valence-corrected chi connectivity index (χ3v) is 4.38. The molecule has 2 aromatic carbocycles. The van der Waals surface area contributed by atoms with E-state index in [0.29, 0.717) is 6.54 Å². The van der Waals surface area contributed by atoms with Gasteiger partial charge in [0.25, 0.3) is 5.56 Å². The molecule has 0 aliphatic rings. The Balaban J connectivity index is 1.91. The maximum atomic E-state index is 12.5. The maximum Gasteiger partial charge on any atom is 0.251 e. The smallest absolute Gasteiger partial charge is 0.251 e. The molecule has 0 radical (unpaired) electrons. The van der Waals surface area contributed by atoms with E-state index in [9.17, 15) is 9.59 Å². The molecule has 3 rings (SSSR count). The highest BCUT2D eigenvalue weighted by atomic mass is 16.2. The Morgan fingerprint density at radius 1 is 1.00 bits per heavy atom. The Morgan fingerprint density at radius 3 is 2.44 bits per heavy atom. The Kier molecular flexibility index (Phi) is 4.70. The number of rotatable bonds is 4. The molecule has 0 aliphatic carbocycles. The van der Waals surface area contributed by atoms with Crippen LogP contribution in [0.4, 0.5) is 0 Å². The van der Waals surface area contributed by atoms with Crippen LogP contribution in [0.1, 0.15) is 22.3 Å². The lowest BCUT2D eigenvalue weighted by molar-refractivity contribution is -0.121. The highest BCUT2D eigenvalue weighted by Gasteiger charge is 2.12. The SMILES string of the molecule is Cc1cc(C)c2c(c1)c(C)cc(=O)n2CC(=O)NCc1ccccc1. The Labute approximate surface area is 147 Å². The molecule has 0 atom stereocenters. The summed E-state index contributed by atoms with van der Waals surface area (Å²) in [4.78, 5) is 24.9. The normalized spacial score (nSPS) is 10.8. The predicted octanol–water partition coefficient (Wildman–Crippen LogP) is 3.24. The van der Waals surface area contributed by atoms with Crippen molar-refractivity contribution >= 4 is 16.8 Å². The van der Waals surface area contributed by atoms with Gasteiger partial charge < -0.3 is 5.32 Å². The molecule has 0 spiro atoms. The number of hydrogen-bond acceptors (Lipinski definition) is 2. The Hall–Kier alpha value is -2.88. The van der Waals surface area contributed by atoms with Crippen molar-refractivity contribution in [3.8, 4) is 0 Å². The van der Waals surface area contributed by atoms with Crippen LogP contribution in [0.25, 0.3) is 10.9 Å². The summed E-state index contributed by atoms with van der Waals surface area (Å²) < 4.78 is 1.57. The zero-order valence-electron chi connectivity index (χ0n) is 14.8. The van der Waals surface area contributed by atoms with Gasteiger partial charge in [-0.05, 0) is 43.5 Å². The summed E-state index contributed by atoms with van der Waals surface area (Å²) in [6.45, 7) is 6.42. The van der Waals surface area contributed by atoms with Gasteiger partial charge in [-0.2, -0.15) is 0 Å². The number of carbonyl (C=O) groups excluding carboxylic acids is 1. The zero-order valence-corrected chi connectivity index (χ0v) is 14.8. The number of nitrogens with one attached hydrogen (secondary N) is 1. The molecule has 1 N–H and O–H groups in total. The summed E-state index contributed by atoms with van der Waals surface area (Å²) in [6, 6.07) is 15.4. The number of fused-ring (bicyclic) bond motifs is 1. The van der Waals surface area contributed by atoms with Gasteiger partial charge in [-0.1, -0.05) is 42.0 Å². The lowest BCUT2D eigenvalue weighted by Crippen LogP contribution is -2.32. The van der Waals surface area contributed by atoms with Gasteiger partial charge in [-0.25, -0.2) is 0 Å². The van der Waals surface area contributed by atoms with Gasteiger partial charge in [0.05, 0.1) is 5.52 Å². The number of aromatic nitrogens is 1. The highest BCUT2D eigenvalue weighted by Crippen LogP contribution is 2.22. The second-order valence-corrected chi connectivity index (χ2v) is 6.49. The van der Waals surface area contributed by atoms with Crippen LogP contribution in [0.2, 0.25) is 0 Å². The lowest BCUT2D eigenvalue weighted by Gasteiger charge is -2.15. The summed E-state index contributed by atoms with van der Waals surface area (Å²) in [5.74, 6) is -0.170. The van der Waals surface area contributed by atoms with Crippen LogP contribution < -0.4 is 10.9 Å². The predicted molar refractivity (Wildman–Crippen MR) is 101 cm³/mol. The minimum absolute atomic E-state index is 0.0202. The second-order valence-electron chi connectivity index (χ2n) is 6.49. The number of amides is 1. The fourth-order valence-corrected chi connectivity index (χ4v) is 3.22. The molecule has 0 saturated carbocycles. The first-order valence-corrected chi connectivity index (χ1v) is 8.38. The molecule has 3 aromatic rings. The van der Waals surface area contributed by atoms with Crippen LogP contribution in [0.5, 0.6) is 0 Å². The van der Waals surface area contributed by atoms with Gasteiger partial charge in [0.1, 0.15) is 6.54 Å². The molecule has 25 heavy (non-hydrogen) atoms. The summed E-state index contributed by atoms with van der Waals surface area (Å²) in [5.41, 5.74) is 4.81. The van der Waals surface area contributed by atoms with Crippen molar-refractivity contribution in [1.82, 2.24) is 9.88 Å². The maximum absolute atomic E-state index is 12.5. The molecule has 1 heterocycles.